The Labute approximate surface area is 134 Å². The summed E-state index contributed by atoms with van der Waals surface area (Å²) in [5.74, 6) is 0.125. The Morgan fingerprint density at radius 2 is 2.23 bits per heavy atom. The Morgan fingerprint density at radius 1 is 1.41 bits per heavy atom. The number of pyridine rings is 1. The molecule has 1 amide bonds. The van der Waals surface area contributed by atoms with Gasteiger partial charge in [-0.1, -0.05) is 30.7 Å². The van der Waals surface area contributed by atoms with Gasteiger partial charge in [-0.25, -0.2) is 4.98 Å². The SMILES string of the molecule is CC(C)c1ccc(NC(=O)CNCCn2ccnn2)c(Cl)n1. The molecule has 0 aromatic carbocycles. The minimum atomic E-state index is -0.167. The van der Waals surface area contributed by atoms with E-state index in [0.717, 1.165) is 5.69 Å². The number of carbonyl (C=O) groups is 1. The Bertz CT molecular complexity index is 614. The van der Waals surface area contributed by atoms with E-state index >= 15 is 0 Å². The minimum Gasteiger partial charge on any atom is -0.322 e. The number of rotatable bonds is 7. The van der Waals surface area contributed by atoms with Gasteiger partial charge in [0, 0.05) is 18.4 Å². The van der Waals surface area contributed by atoms with Crippen molar-refractivity contribution < 1.29 is 4.79 Å². The maximum atomic E-state index is 11.9. The molecule has 0 atom stereocenters. The molecule has 0 saturated heterocycles. The second-order valence-corrected chi connectivity index (χ2v) is 5.48. The predicted molar refractivity (Wildman–Crippen MR) is 84.9 cm³/mol. The highest BCUT2D eigenvalue weighted by molar-refractivity contribution is 6.32. The van der Waals surface area contributed by atoms with Crippen molar-refractivity contribution in [1.29, 1.82) is 0 Å². The largest absolute Gasteiger partial charge is 0.322 e. The van der Waals surface area contributed by atoms with Crippen LogP contribution in [0.2, 0.25) is 5.15 Å². The van der Waals surface area contributed by atoms with Crippen molar-refractivity contribution in [1.82, 2.24) is 25.3 Å². The summed E-state index contributed by atoms with van der Waals surface area (Å²) in [6.45, 7) is 5.54. The van der Waals surface area contributed by atoms with E-state index in [4.69, 9.17) is 11.6 Å². The number of anilines is 1. The van der Waals surface area contributed by atoms with Gasteiger partial charge in [-0.2, -0.15) is 0 Å². The zero-order valence-electron chi connectivity index (χ0n) is 12.6. The van der Waals surface area contributed by atoms with Gasteiger partial charge in [0.2, 0.25) is 5.91 Å². The van der Waals surface area contributed by atoms with Crippen molar-refractivity contribution in [2.45, 2.75) is 26.3 Å². The summed E-state index contributed by atoms with van der Waals surface area (Å²) in [5.41, 5.74) is 1.42. The Morgan fingerprint density at radius 3 is 2.86 bits per heavy atom. The molecular weight excluding hydrogens is 304 g/mol. The van der Waals surface area contributed by atoms with Crippen LogP contribution in [0.1, 0.15) is 25.5 Å². The Kier molecular flexibility index (Phi) is 5.85. The third-order valence-electron chi connectivity index (χ3n) is 3.01. The lowest BCUT2D eigenvalue weighted by Crippen LogP contribution is -2.30. The van der Waals surface area contributed by atoms with Crippen LogP contribution in [0.4, 0.5) is 5.69 Å². The number of halogens is 1. The lowest BCUT2D eigenvalue weighted by molar-refractivity contribution is -0.115. The maximum Gasteiger partial charge on any atom is 0.238 e. The molecule has 2 rings (SSSR count). The molecule has 0 saturated carbocycles. The fourth-order valence-electron chi connectivity index (χ4n) is 1.81. The zero-order chi connectivity index (χ0) is 15.9. The molecule has 0 fully saturated rings. The summed E-state index contributed by atoms with van der Waals surface area (Å²) < 4.78 is 1.69. The Balaban J connectivity index is 1.77. The third-order valence-corrected chi connectivity index (χ3v) is 3.30. The number of aromatic nitrogens is 4. The molecule has 2 aromatic heterocycles. The van der Waals surface area contributed by atoms with Crippen molar-refractivity contribution in [3.8, 4) is 0 Å². The first-order chi connectivity index (χ1) is 10.6. The predicted octanol–water partition coefficient (Wildman–Crippen LogP) is 1.68. The summed E-state index contributed by atoms with van der Waals surface area (Å²) in [6.07, 6.45) is 3.38. The van der Waals surface area contributed by atoms with Gasteiger partial charge in [-0.05, 0) is 18.1 Å². The molecule has 0 aliphatic heterocycles. The molecule has 0 unspecified atom stereocenters. The molecule has 8 heteroatoms. The fourth-order valence-corrected chi connectivity index (χ4v) is 2.01. The van der Waals surface area contributed by atoms with Gasteiger partial charge in [-0.3, -0.25) is 9.48 Å². The van der Waals surface area contributed by atoms with Crippen LogP contribution < -0.4 is 10.6 Å². The van der Waals surface area contributed by atoms with Crippen LogP contribution in [-0.2, 0) is 11.3 Å². The van der Waals surface area contributed by atoms with E-state index in [-0.39, 0.29) is 12.5 Å². The van der Waals surface area contributed by atoms with Crippen LogP contribution in [0, 0.1) is 0 Å². The van der Waals surface area contributed by atoms with Crippen LogP contribution in [-0.4, -0.2) is 39.0 Å². The smallest absolute Gasteiger partial charge is 0.238 e. The van der Waals surface area contributed by atoms with Gasteiger partial charge in [-0.15, -0.1) is 5.10 Å². The van der Waals surface area contributed by atoms with E-state index in [1.165, 1.54) is 0 Å². The van der Waals surface area contributed by atoms with Gasteiger partial charge >= 0.3 is 0 Å². The number of carbonyl (C=O) groups excluding carboxylic acids is 1. The standard InChI is InChI=1S/C14H19ClN6O/c1-10(2)11-3-4-12(14(15)19-11)18-13(22)9-16-5-7-21-8-6-17-20-21/h3-4,6,8,10,16H,5,7,9H2,1-2H3,(H,18,22). The minimum absolute atomic E-state index is 0.167. The molecule has 0 bridgehead atoms. The first kappa shape index (κ1) is 16.4. The summed E-state index contributed by atoms with van der Waals surface area (Å²) >= 11 is 6.08. The molecule has 0 aliphatic carbocycles. The molecule has 0 aliphatic rings. The molecule has 2 aromatic rings. The summed E-state index contributed by atoms with van der Waals surface area (Å²) in [4.78, 5) is 16.1. The van der Waals surface area contributed by atoms with Crippen LogP contribution in [0.25, 0.3) is 0 Å². The summed E-state index contributed by atoms with van der Waals surface area (Å²) in [6, 6.07) is 3.64. The lowest BCUT2D eigenvalue weighted by Gasteiger charge is -2.10. The van der Waals surface area contributed by atoms with Crippen LogP contribution in [0.5, 0.6) is 0 Å². The topological polar surface area (TPSA) is 84.7 Å². The lowest BCUT2D eigenvalue weighted by atomic mass is 10.1. The summed E-state index contributed by atoms with van der Waals surface area (Å²) in [5, 5.41) is 13.6. The van der Waals surface area contributed by atoms with Crippen molar-refractivity contribution in [3.05, 3.63) is 35.4 Å². The highest BCUT2D eigenvalue weighted by Crippen LogP contribution is 2.22. The van der Waals surface area contributed by atoms with Gasteiger partial charge in [0.1, 0.15) is 0 Å². The molecule has 0 spiro atoms. The molecule has 2 heterocycles. The summed E-state index contributed by atoms with van der Waals surface area (Å²) in [7, 11) is 0. The van der Waals surface area contributed by atoms with E-state index < -0.39 is 0 Å². The Hall–Kier alpha value is -1.99. The number of nitrogens with one attached hydrogen (secondary N) is 2. The van der Waals surface area contributed by atoms with Crippen LogP contribution in [0.3, 0.4) is 0 Å². The van der Waals surface area contributed by atoms with Crippen molar-refractivity contribution in [3.63, 3.8) is 0 Å². The average Bonchev–Trinajstić information content (AvgIpc) is 2.99. The molecule has 22 heavy (non-hydrogen) atoms. The number of amides is 1. The monoisotopic (exact) mass is 322 g/mol. The van der Waals surface area contributed by atoms with E-state index in [0.29, 0.717) is 29.8 Å². The van der Waals surface area contributed by atoms with Crippen molar-refractivity contribution in [2.75, 3.05) is 18.4 Å². The van der Waals surface area contributed by atoms with Crippen LogP contribution in [0.15, 0.2) is 24.5 Å². The van der Waals surface area contributed by atoms with Gasteiger partial charge in [0.05, 0.1) is 25.0 Å². The van der Waals surface area contributed by atoms with Crippen molar-refractivity contribution in [2.24, 2.45) is 0 Å². The highest BCUT2D eigenvalue weighted by atomic mass is 35.5. The third kappa shape index (κ3) is 4.78. The second-order valence-electron chi connectivity index (χ2n) is 5.12. The van der Waals surface area contributed by atoms with Crippen LogP contribution >= 0.6 is 11.6 Å². The van der Waals surface area contributed by atoms with E-state index in [1.54, 1.807) is 23.1 Å². The van der Waals surface area contributed by atoms with E-state index in [1.807, 2.05) is 19.9 Å². The maximum absolute atomic E-state index is 11.9. The molecule has 2 N–H and O–H groups in total. The molecular formula is C14H19ClN6O. The van der Waals surface area contributed by atoms with Gasteiger partial charge in [0.15, 0.2) is 5.15 Å². The molecule has 7 nitrogen and oxygen atoms in total. The van der Waals surface area contributed by atoms with E-state index in [9.17, 15) is 4.79 Å². The van der Waals surface area contributed by atoms with Crippen molar-refractivity contribution >= 4 is 23.2 Å². The number of nitrogens with zero attached hydrogens (tertiary/aromatic N) is 4. The van der Waals surface area contributed by atoms with Gasteiger partial charge in [0.25, 0.3) is 0 Å². The second kappa shape index (κ2) is 7.86. The normalized spacial score (nSPS) is 10.9. The highest BCUT2D eigenvalue weighted by Gasteiger charge is 2.09. The van der Waals surface area contributed by atoms with E-state index in [2.05, 4.69) is 25.9 Å². The first-order valence-electron chi connectivity index (χ1n) is 7.07. The number of hydrogen-bond acceptors (Lipinski definition) is 5. The quantitative estimate of drug-likeness (QED) is 0.598. The average molecular weight is 323 g/mol. The zero-order valence-corrected chi connectivity index (χ0v) is 13.3. The van der Waals surface area contributed by atoms with Gasteiger partial charge < -0.3 is 10.6 Å². The fraction of sp³-hybridized carbons (Fsp3) is 0.429. The number of hydrogen-bond donors (Lipinski definition) is 2. The first-order valence-corrected chi connectivity index (χ1v) is 7.45. The molecule has 118 valence electrons. The molecule has 0 radical (unpaired) electrons.